The van der Waals surface area contributed by atoms with Gasteiger partial charge in [0, 0.05) is 47.8 Å². The van der Waals surface area contributed by atoms with Crippen molar-refractivity contribution in [3.63, 3.8) is 0 Å². The van der Waals surface area contributed by atoms with Gasteiger partial charge in [-0.15, -0.1) is 0 Å². The molecule has 0 saturated heterocycles. The summed E-state index contributed by atoms with van der Waals surface area (Å²) in [6, 6.07) is 10.1. The highest BCUT2D eigenvalue weighted by molar-refractivity contribution is 7.92. The number of amides is 1. The van der Waals surface area contributed by atoms with E-state index in [4.69, 9.17) is 0 Å². The van der Waals surface area contributed by atoms with Gasteiger partial charge in [-0.1, -0.05) is 6.07 Å². The summed E-state index contributed by atoms with van der Waals surface area (Å²) in [4.78, 5) is 15.4. The molecule has 1 heterocycles. The van der Waals surface area contributed by atoms with Gasteiger partial charge in [-0.25, -0.2) is 30.3 Å². The normalized spacial score (nSPS) is 22.6. The van der Waals surface area contributed by atoms with Gasteiger partial charge < -0.3 is 4.90 Å². The Hall–Kier alpha value is -2.57. The third kappa shape index (κ3) is 5.02. The molecule has 6 rings (SSSR count). The number of fused-ring (bicyclic) bond motifs is 2. The Bertz CT molecular complexity index is 1570. The molecule has 4 aliphatic rings. The number of anilines is 2. The van der Waals surface area contributed by atoms with Gasteiger partial charge in [0.25, 0.3) is 11.8 Å². The molecule has 12 heteroatoms. The smallest absolute Gasteiger partial charge is 0.258 e. The van der Waals surface area contributed by atoms with E-state index in [1.54, 1.807) is 30.0 Å². The van der Waals surface area contributed by atoms with Gasteiger partial charge in [0.2, 0.25) is 20.0 Å². The molecule has 0 radical (unpaired) electrons. The highest BCUT2D eigenvalue weighted by atomic mass is 32.2. The van der Waals surface area contributed by atoms with E-state index in [2.05, 4.69) is 9.44 Å². The number of carbonyl (C=O) groups excluding carboxylic acids is 1. The summed E-state index contributed by atoms with van der Waals surface area (Å²) in [5.74, 6) is -3.28. The van der Waals surface area contributed by atoms with Crippen LogP contribution in [-0.2, 0) is 25.5 Å². The first-order chi connectivity index (χ1) is 18.7. The molecule has 2 N–H and O–H groups in total. The summed E-state index contributed by atoms with van der Waals surface area (Å²) < 4.78 is 81.7. The second kappa shape index (κ2) is 9.22. The van der Waals surface area contributed by atoms with Crippen LogP contribution in [0.5, 0.6) is 0 Å². The average Bonchev–Trinajstić information content (AvgIpc) is 3.59. The Labute approximate surface area is 233 Å². The van der Waals surface area contributed by atoms with Gasteiger partial charge >= 0.3 is 0 Å². The Kier molecular flexibility index (Phi) is 6.36. The minimum Gasteiger partial charge on any atom is -0.307 e. The number of sulfonamides is 2. The number of alkyl halides is 2. The average molecular weight is 594 g/mol. The zero-order valence-corrected chi connectivity index (χ0v) is 23.9. The number of benzene rings is 2. The Balaban J connectivity index is 1.30. The van der Waals surface area contributed by atoms with Crippen LogP contribution in [0.1, 0.15) is 74.2 Å². The second-order valence-corrected chi connectivity index (χ2v) is 15.7. The SMILES string of the molecule is CCS(=O)(=O)Nc1ccc2c(c1)C1(CCC3(CC3)CC1)CN2C(=O)c1cccc(S(=O)(=O)NC2CC(F)(F)C2)c1. The lowest BCUT2D eigenvalue weighted by atomic mass is 9.66. The molecule has 2 spiro atoms. The number of nitrogens with zero attached hydrogens (tertiary/aromatic N) is 1. The fraction of sp³-hybridized carbons (Fsp3) is 0.536. The van der Waals surface area contributed by atoms with Gasteiger partial charge in [-0.3, -0.25) is 9.52 Å². The van der Waals surface area contributed by atoms with Gasteiger partial charge in [0.15, 0.2) is 0 Å². The van der Waals surface area contributed by atoms with Crippen LogP contribution in [-0.4, -0.2) is 47.0 Å². The summed E-state index contributed by atoms with van der Waals surface area (Å²) >= 11 is 0. The van der Waals surface area contributed by atoms with Crippen molar-refractivity contribution in [3.05, 3.63) is 53.6 Å². The highest BCUT2D eigenvalue weighted by Crippen LogP contribution is 2.62. The van der Waals surface area contributed by atoms with Crippen LogP contribution in [0.15, 0.2) is 47.4 Å². The maximum Gasteiger partial charge on any atom is 0.258 e. The van der Waals surface area contributed by atoms with Crippen molar-refractivity contribution in [3.8, 4) is 0 Å². The van der Waals surface area contributed by atoms with E-state index in [0.29, 0.717) is 23.3 Å². The van der Waals surface area contributed by atoms with Crippen molar-refractivity contribution in [1.29, 1.82) is 0 Å². The van der Waals surface area contributed by atoms with Crippen molar-refractivity contribution in [1.82, 2.24) is 4.72 Å². The van der Waals surface area contributed by atoms with Gasteiger partial charge in [-0.2, -0.15) is 0 Å². The molecule has 40 heavy (non-hydrogen) atoms. The second-order valence-electron chi connectivity index (χ2n) is 12.0. The first-order valence-corrected chi connectivity index (χ1v) is 16.9. The van der Waals surface area contributed by atoms with Gasteiger partial charge in [0.05, 0.1) is 10.6 Å². The van der Waals surface area contributed by atoms with Crippen LogP contribution in [0.4, 0.5) is 20.2 Å². The third-order valence-electron chi connectivity index (χ3n) is 9.25. The molecule has 2 aromatic carbocycles. The predicted octanol–water partition coefficient (Wildman–Crippen LogP) is 4.78. The molecular weight excluding hydrogens is 560 g/mol. The summed E-state index contributed by atoms with van der Waals surface area (Å²) in [6.07, 6.45) is 5.24. The maximum atomic E-state index is 13.9. The van der Waals surface area contributed by atoms with Crippen LogP contribution in [0, 0.1) is 5.41 Å². The molecule has 0 unspecified atom stereocenters. The monoisotopic (exact) mass is 593 g/mol. The van der Waals surface area contributed by atoms with E-state index in [1.807, 2.05) is 6.07 Å². The van der Waals surface area contributed by atoms with E-state index in [0.717, 1.165) is 31.2 Å². The van der Waals surface area contributed by atoms with Crippen molar-refractivity contribution in [2.75, 3.05) is 21.9 Å². The minimum absolute atomic E-state index is 0.0559. The molecule has 3 fully saturated rings. The Morgan fingerprint density at radius 3 is 2.27 bits per heavy atom. The molecule has 3 aliphatic carbocycles. The quantitative estimate of drug-likeness (QED) is 0.480. The third-order valence-corrected chi connectivity index (χ3v) is 12.1. The van der Waals surface area contributed by atoms with Crippen LogP contribution in [0.3, 0.4) is 0 Å². The van der Waals surface area contributed by atoms with E-state index < -0.39 is 44.9 Å². The largest absolute Gasteiger partial charge is 0.307 e. The number of carbonyl (C=O) groups is 1. The van der Waals surface area contributed by atoms with Crippen molar-refractivity contribution in [2.45, 2.75) is 80.6 Å². The standard InChI is InChI=1S/C28H33F2N3O5S2/c1-2-39(35,36)31-20-6-7-24-23(15-20)27(12-10-26(8-9-26)11-13-27)18-33(24)25(34)19-4-3-5-22(14-19)40(37,38)32-21-16-28(29,30)17-21/h3-7,14-15,21,31-32H,2,8-13,16-18H2,1H3. The molecule has 1 amide bonds. The van der Waals surface area contributed by atoms with E-state index in [1.165, 1.54) is 31.0 Å². The highest BCUT2D eigenvalue weighted by Gasteiger charge is 2.54. The summed E-state index contributed by atoms with van der Waals surface area (Å²) in [5, 5.41) is 0. The topological polar surface area (TPSA) is 113 Å². The lowest BCUT2D eigenvalue weighted by molar-refractivity contribution is -0.0876. The van der Waals surface area contributed by atoms with E-state index >= 15 is 0 Å². The Morgan fingerprint density at radius 1 is 0.975 bits per heavy atom. The maximum absolute atomic E-state index is 13.9. The zero-order chi connectivity index (χ0) is 28.6. The molecular formula is C28H33F2N3O5S2. The molecule has 0 atom stereocenters. The number of rotatable bonds is 7. The lowest BCUT2D eigenvalue weighted by Gasteiger charge is -2.38. The van der Waals surface area contributed by atoms with Crippen LogP contribution in [0.2, 0.25) is 0 Å². The number of halogens is 2. The first kappa shape index (κ1) is 27.6. The minimum atomic E-state index is -4.09. The molecule has 2 aromatic rings. The van der Waals surface area contributed by atoms with Crippen molar-refractivity contribution in [2.24, 2.45) is 5.41 Å². The lowest BCUT2D eigenvalue weighted by Crippen LogP contribution is -2.50. The zero-order valence-electron chi connectivity index (χ0n) is 22.3. The number of nitrogens with one attached hydrogen (secondary N) is 2. The van der Waals surface area contributed by atoms with Crippen LogP contribution in [0.25, 0.3) is 0 Å². The molecule has 216 valence electrons. The van der Waals surface area contributed by atoms with Crippen LogP contribution >= 0.6 is 0 Å². The van der Waals surface area contributed by atoms with Crippen molar-refractivity contribution >= 4 is 37.3 Å². The summed E-state index contributed by atoms with van der Waals surface area (Å²) in [6.45, 7) is 1.99. The predicted molar refractivity (Wildman–Crippen MR) is 148 cm³/mol. The fourth-order valence-corrected chi connectivity index (χ4v) is 8.42. The van der Waals surface area contributed by atoms with E-state index in [-0.39, 0.29) is 27.5 Å². The van der Waals surface area contributed by atoms with E-state index in [9.17, 15) is 30.4 Å². The van der Waals surface area contributed by atoms with Gasteiger partial charge in [-0.05, 0) is 92.8 Å². The van der Waals surface area contributed by atoms with Crippen molar-refractivity contribution < 1.29 is 30.4 Å². The molecule has 0 aromatic heterocycles. The molecule has 1 aliphatic heterocycles. The summed E-state index contributed by atoms with van der Waals surface area (Å²) in [7, 11) is -7.57. The molecule has 3 saturated carbocycles. The first-order valence-electron chi connectivity index (χ1n) is 13.7. The number of hydrogen-bond donors (Lipinski definition) is 2. The Morgan fingerprint density at radius 2 is 1.65 bits per heavy atom. The van der Waals surface area contributed by atoms with Crippen LogP contribution < -0.4 is 14.3 Å². The summed E-state index contributed by atoms with van der Waals surface area (Å²) in [5.41, 5.74) is 2.36. The molecule has 8 nitrogen and oxygen atoms in total. The fourth-order valence-electron chi connectivity index (χ4n) is 6.51. The number of hydrogen-bond acceptors (Lipinski definition) is 5. The molecule has 0 bridgehead atoms. The van der Waals surface area contributed by atoms with Gasteiger partial charge in [0.1, 0.15) is 0 Å².